The molecule has 0 amide bonds. The summed E-state index contributed by atoms with van der Waals surface area (Å²) in [5, 5.41) is 20.2. The summed E-state index contributed by atoms with van der Waals surface area (Å²) in [6.45, 7) is 7.86. The van der Waals surface area contributed by atoms with Crippen LogP contribution >= 0.6 is 0 Å². The van der Waals surface area contributed by atoms with Crippen LogP contribution in [0.2, 0.25) is 0 Å². The minimum atomic E-state index is -0.645. The minimum Gasteiger partial charge on any atom is -0.390 e. The van der Waals surface area contributed by atoms with Crippen molar-refractivity contribution in [3.63, 3.8) is 0 Å². The fourth-order valence-electron chi connectivity index (χ4n) is 4.59. The number of ketones is 1. The van der Waals surface area contributed by atoms with Crippen LogP contribution in [0, 0.1) is 17.3 Å². The fourth-order valence-corrected chi connectivity index (χ4v) is 4.59. The first-order chi connectivity index (χ1) is 9.54. The largest absolute Gasteiger partial charge is 0.390 e. The lowest BCUT2D eigenvalue weighted by atomic mass is 9.52. The lowest BCUT2D eigenvalue weighted by molar-refractivity contribution is -0.144. The van der Waals surface area contributed by atoms with Crippen molar-refractivity contribution < 1.29 is 15.0 Å². The summed E-state index contributed by atoms with van der Waals surface area (Å²) < 4.78 is 0. The maximum Gasteiger partial charge on any atom is 0.136 e. The second kappa shape index (κ2) is 5.66. The Morgan fingerprint density at radius 3 is 2.57 bits per heavy atom. The van der Waals surface area contributed by atoms with Crippen LogP contribution in [-0.4, -0.2) is 27.2 Å². The minimum absolute atomic E-state index is 0.0527. The molecule has 2 aliphatic rings. The van der Waals surface area contributed by atoms with Gasteiger partial charge < -0.3 is 10.2 Å². The highest BCUT2D eigenvalue weighted by Gasteiger charge is 2.52. The van der Waals surface area contributed by atoms with Gasteiger partial charge in [-0.3, -0.25) is 4.79 Å². The average Bonchev–Trinajstić information content (AvgIpc) is 2.33. The van der Waals surface area contributed by atoms with Gasteiger partial charge in [-0.05, 0) is 77.0 Å². The van der Waals surface area contributed by atoms with Crippen LogP contribution in [0.3, 0.4) is 0 Å². The Kier molecular flexibility index (Phi) is 4.57. The van der Waals surface area contributed by atoms with Crippen molar-refractivity contribution in [1.29, 1.82) is 0 Å². The topological polar surface area (TPSA) is 57.5 Å². The van der Waals surface area contributed by atoms with Gasteiger partial charge in [0.1, 0.15) is 5.78 Å². The van der Waals surface area contributed by atoms with Gasteiger partial charge in [-0.2, -0.15) is 0 Å². The molecule has 0 bridgehead atoms. The molecule has 0 aromatic heterocycles. The molecule has 0 aliphatic heterocycles. The van der Waals surface area contributed by atoms with E-state index in [2.05, 4.69) is 6.92 Å². The van der Waals surface area contributed by atoms with E-state index in [9.17, 15) is 15.0 Å². The summed E-state index contributed by atoms with van der Waals surface area (Å²) in [7, 11) is 0. The maximum absolute atomic E-state index is 12.4. The van der Waals surface area contributed by atoms with Crippen LogP contribution < -0.4 is 0 Å². The predicted molar refractivity (Wildman–Crippen MR) is 84.0 cm³/mol. The van der Waals surface area contributed by atoms with Gasteiger partial charge in [0, 0.05) is 12.3 Å². The first-order valence-corrected chi connectivity index (χ1v) is 8.51. The monoisotopic (exact) mass is 296 g/mol. The Hall–Kier alpha value is -0.410. The van der Waals surface area contributed by atoms with E-state index < -0.39 is 11.2 Å². The second-order valence-corrected chi connectivity index (χ2v) is 8.67. The van der Waals surface area contributed by atoms with Gasteiger partial charge in [-0.15, -0.1) is 0 Å². The Labute approximate surface area is 129 Å². The molecule has 2 aliphatic carbocycles. The van der Waals surface area contributed by atoms with Crippen molar-refractivity contribution in [3.8, 4) is 0 Å². The molecule has 0 unspecified atom stereocenters. The lowest BCUT2D eigenvalue weighted by Gasteiger charge is -2.53. The van der Waals surface area contributed by atoms with Crippen molar-refractivity contribution in [2.24, 2.45) is 17.3 Å². The fraction of sp³-hybridized carbons (Fsp3) is 0.944. The Balaban J connectivity index is 2.06. The number of Topliss-reactive ketones (excluding diaryl/α,β-unsaturated/α-hetero) is 1. The van der Waals surface area contributed by atoms with Gasteiger partial charge in [0.05, 0.1) is 11.2 Å². The van der Waals surface area contributed by atoms with Crippen LogP contribution in [0.1, 0.15) is 79.1 Å². The van der Waals surface area contributed by atoms with E-state index in [1.165, 1.54) is 0 Å². The highest BCUT2D eigenvalue weighted by atomic mass is 16.3. The Morgan fingerprint density at radius 1 is 1.29 bits per heavy atom. The zero-order chi connectivity index (χ0) is 15.9. The molecule has 21 heavy (non-hydrogen) atoms. The highest BCUT2D eigenvalue weighted by Crippen LogP contribution is 2.55. The number of hydrogen-bond acceptors (Lipinski definition) is 3. The molecule has 2 saturated carbocycles. The highest BCUT2D eigenvalue weighted by molar-refractivity contribution is 5.82. The van der Waals surface area contributed by atoms with Crippen LogP contribution in [-0.2, 0) is 4.79 Å². The number of fused-ring (bicyclic) bond motifs is 1. The number of aliphatic hydroxyl groups is 2. The summed E-state index contributed by atoms with van der Waals surface area (Å²) in [6, 6.07) is 0. The van der Waals surface area contributed by atoms with Gasteiger partial charge in [0.25, 0.3) is 0 Å². The third-order valence-electron chi connectivity index (χ3n) is 6.03. The zero-order valence-electron chi connectivity index (χ0n) is 14.1. The van der Waals surface area contributed by atoms with Gasteiger partial charge in [0.2, 0.25) is 0 Å². The van der Waals surface area contributed by atoms with Crippen molar-refractivity contribution >= 4 is 5.78 Å². The van der Waals surface area contributed by atoms with E-state index in [4.69, 9.17) is 0 Å². The molecule has 122 valence electrons. The van der Waals surface area contributed by atoms with E-state index in [1.54, 1.807) is 0 Å². The maximum atomic E-state index is 12.4. The summed E-state index contributed by atoms with van der Waals surface area (Å²) >= 11 is 0. The molecule has 2 rings (SSSR count). The second-order valence-electron chi connectivity index (χ2n) is 8.67. The molecule has 0 spiro atoms. The number of carbonyl (C=O) groups is 1. The van der Waals surface area contributed by atoms with Crippen LogP contribution in [0.15, 0.2) is 0 Å². The summed E-state index contributed by atoms with van der Waals surface area (Å²) in [4.78, 5) is 12.4. The number of carbonyl (C=O) groups excluding carboxylic acids is 1. The number of rotatable bonds is 4. The van der Waals surface area contributed by atoms with E-state index in [0.717, 1.165) is 44.9 Å². The van der Waals surface area contributed by atoms with E-state index in [-0.39, 0.29) is 11.3 Å². The van der Waals surface area contributed by atoms with Gasteiger partial charge in [-0.25, -0.2) is 0 Å². The Bertz CT molecular complexity index is 394. The van der Waals surface area contributed by atoms with Crippen LogP contribution in [0.4, 0.5) is 0 Å². The van der Waals surface area contributed by atoms with Crippen molar-refractivity contribution in [2.75, 3.05) is 0 Å². The number of hydrogen-bond donors (Lipinski definition) is 2. The molecular weight excluding hydrogens is 264 g/mol. The van der Waals surface area contributed by atoms with Crippen molar-refractivity contribution in [2.45, 2.75) is 90.3 Å². The molecule has 0 radical (unpaired) electrons. The average molecular weight is 296 g/mol. The SMILES string of the molecule is CC(C)(O)CCC[C@H]1C(=O)CC[C@H]2C[C@@](C)(O)CC[C@@]21C. The molecule has 3 heteroatoms. The first-order valence-electron chi connectivity index (χ1n) is 8.51. The van der Waals surface area contributed by atoms with Gasteiger partial charge in [0.15, 0.2) is 0 Å². The molecule has 2 N–H and O–H groups in total. The van der Waals surface area contributed by atoms with Crippen LogP contribution in [0.5, 0.6) is 0 Å². The molecule has 4 atom stereocenters. The molecular formula is C18H32O3. The lowest BCUT2D eigenvalue weighted by Crippen LogP contribution is -2.51. The molecule has 0 saturated heterocycles. The van der Waals surface area contributed by atoms with Crippen molar-refractivity contribution in [3.05, 3.63) is 0 Å². The summed E-state index contributed by atoms with van der Waals surface area (Å²) in [5.41, 5.74) is -1.15. The first kappa shape index (κ1) is 17.0. The van der Waals surface area contributed by atoms with Crippen LogP contribution in [0.25, 0.3) is 0 Å². The molecule has 3 nitrogen and oxygen atoms in total. The smallest absolute Gasteiger partial charge is 0.136 e. The normalized spacial score (nSPS) is 41.0. The summed E-state index contributed by atoms with van der Waals surface area (Å²) in [5.74, 6) is 0.992. The molecule has 0 aromatic rings. The van der Waals surface area contributed by atoms with Gasteiger partial charge >= 0.3 is 0 Å². The Morgan fingerprint density at radius 2 is 1.95 bits per heavy atom. The zero-order valence-corrected chi connectivity index (χ0v) is 14.1. The van der Waals surface area contributed by atoms with Crippen molar-refractivity contribution in [1.82, 2.24) is 0 Å². The standard InChI is InChI=1S/C18H32O3/c1-16(2,20)9-5-6-14-15(19)8-7-13-12-17(3,21)10-11-18(13,14)4/h13-14,20-21H,5-12H2,1-4H3/t13-,14-,17-,18-/m0/s1. The van der Waals surface area contributed by atoms with Gasteiger partial charge in [-0.1, -0.05) is 6.92 Å². The molecule has 2 fully saturated rings. The third-order valence-corrected chi connectivity index (χ3v) is 6.03. The van der Waals surface area contributed by atoms with E-state index in [0.29, 0.717) is 18.1 Å². The van der Waals surface area contributed by atoms with E-state index >= 15 is 0 Å². The third kappa shape index (κ3) is 3.87. The molecule has 0 aromatic carbocycles. The quantitative estimate of drug-likeness (QED) is 0.835. The molecule has 0 heterocycles. The summed E-state index contributed by atoms with van der Waals surface area (Å²) in [6.07, 6.45) is 6.72. The predicted octanol–water partition coefficient (Wildman–Crippen LogP) is 3.46. The van der Waals surface area contributed by atoms with E-state index in [1.807, 2.05) is 20.8 Å².